The molecule has 0 aliphatic heterocycles. The number of aromatic nitrogens is 4. The largest absolute Gasteiger partial charge is 0.382 e. The van der Waals surface area contributed by atoms with Crippen molar-refractivity contribution in [2.75, 3.05) is 11.5 Å². The van der Waals surface area contributed by atoms with Gasteiger partial charge in [0.05, 0.1) is 0 Å². The van der Waals surface area contributed by atoms with Crippen LogP contribution in [-0.2, 0) is 0 Å². The highest BCUT2D eigenvalue weighted by Gasteiger charge is 2.09. The molecule has 2 aromatic heterocycles. The maximum Gasteiger partial charge on any atom is 0.225 e. The van der Waals surface area contributed by atoms with E-state index in [1.807, 2.05) is 0 Å². The second-order valence-electron chi connectivity index (χ2n) is 3.31. The molecule has 12 heteroatoms. The van der Waals surface area contributed by atoms with Gasteiger partial charge in [-0.25, -0.2) is 9.97 Å². The van der Waals surface area contributed by atoms with Gasteiger partial charge in [-0.1, -0.05) is 34.8 Å². The first-order valence-electron chi connectivity index (χ1n) is 5.07. The SMILES string of the molecule is N#Cc1c(Cl)nc(Cl)nc1Cl.N#Cc1c(N)nc(N)nc1Cl. The fraction of sp³-hybridized carbons (Fsp3) is 0. The van der Waals surface area contributed by atoms with Crippen LogP contribution in [-0.4, -0.2) is 19.9 Å². The number of nitriles is 2. The van der Waals surface area contributed by atoms with Gasteiger partial charge in [-0.3, -0.25) is 0 Å². The van der Waals surface area contributed by atoms with Crippen LogP contribution < -0.4 is 11.5 Å². The van der Waals surface area contributed by atoms with E-state index in [4.69, 9.17) is 68.4 Å². The summed E-state index contributed by atoms with van der Waals surface area (Å²) in [5, 5.41) is 16.8. The fourth-order valence-corrected chi connectivity index (χ4v) is 2.00. The standard InChI is InChI=1S/C5Cl3N3.C5H4ClN5/c6-3-2(1-9)4(7)11-5(8)10-3;6-3-2(1-7)4(8)11-5(9)10-3/h;(H4,8,9,10,11). The molecule has 0 fully saturated rings. The second-order valence-corrected chi connectivity index (χ2v) is 4.72. The smallest absolute Gasteiger partial charge is 0.225 e. The summed E-state index contributed by atoms with van der Waals surface area (Å²) >= 11 is 21.9. The number of hydrogen-bond acceptors (Lipinski definition) is 8. The van der Waals surface area contributed by atoms with E-state index in [0.29, 0.717) is 0 Å². The van der Waals surface area contributed by atoms with Crippen molar-refractivity contribution in [2.24, 2.45) is 0 Å². The molecule has 0 saturated heterocycles. The lowest BCUT2D eigenvalue weighted by Gasteiger charge is -1.98. The van der Waals surface area contributed by atoms with Gasteiger partial charge in [-0.05, 0) is 11.6 Å². The van der Waals surface area contributed by atoms with Crippen LogP contribution in [0, 0.1) is 22.7 Å². The van der Waals surface area contributed by atoms with Gasteiger partial charge in [0.2, 0.25) is 11.2 Å². The van der Waals surface area contributed by atoms with Crippen molar-refractivity contribution < 1.29 is 0 Å². The van der Waals surface area contributed by atoms with E-state index >= 15 is 0 Å². The lowest BCUT2D eigenvalue weighted by Crippen LogP contribution is -2.02. The van der Waals surface area contributed by atoms with E-state index in [1.165, 1.54) is 0 Å². The van der Waals surface area contributed by atoms with Crippen molar-refractivity contribution in [3.63, 3.8) is 0 Å². The van der Waals surface area contributed by atoms with Crippen LogP contribution in [0.3, 0.4) is 0 Å². The van der Waals surface area contributed by atoms with E-state index in [9.17, 15) is 0 Å². The molecule has 0 aromatic carbocycles. The molecule has 2 aromatic rings. The van der Waals surface area contributed by atoms with Crippen molar-refractivity contribution in [1.82, 2.24) is 19.9 Å². The molecule has 8 nitrogen and oxygen atoms in total. The van der Waals surface area contributed by atoms with E-state index in [2.05, 4.69) is 19.9 Å². The summed E-state index contributed by atoms with van der Waals surface area (Å²) in [6, 6.07) is 3.50. The first kappa shape index (κ1) is 18.0. The zero-order chi connectivity index (χ0) is 16.9. The van der Waals surface area contributed by atoms with E-state index in [1.54, 1.807) is 12.1 Å². The zero-order valence-corrected chi connectivity index (χ0v) is 13.4. The maximum absolute atomic E-state index is 8.45. The van der Waals surface area contributed by atoms with E-state index in [-0.39, 0.29) is 43.6 Å². The molecule has 4 N–H and O–H groups in total. The van der Waals surface area contributed by atoms with Crippen LogP contribution in [0.2, 0.25) is 20.7 Å². The number of halogens is 4. The van der Waals surface area contributed by atoms with Crippen LogP contribution in [0.5, 0.6) is 0 Å². The van der Waals surface area contributed by atoms with Gasteiger partial charge in [0.15, 0.2) is 15.5 Å². The summed E-state index contributed by atoms with van der Waals surface area (Å²) in [5.41, 5.74) is 10.6. The summed E-state index contributed by atoms with van der Waals surface area (Å²) in [5.74, 6) is -0.0310. The molecule has 0 radical (unpaired) electrons. The van der Waals surface area contributed by atoms with Crippen molar-refractivity contribution in [1.29, 1.82) is 10.5 Å². The van der Waals surface area contributed by atoms with Gasteiger partial charge in [0.1, 0.15) is 29.1 Å². The number of nitrogen functional groups attached to an aromatic ring is 2. The Morgan fingerprint density at radius 1 is 0.727 bits per heavy atom. The summed E-state index contributed by atoms with van der Waals surface area (Å²) in [6.45, 7) is 0. The highest BCUT2D eigenvalue weighted by molar-refractivity contribution is 6.36. The van der Waals surface area contributed by atoms with Crippen LogP contribution in [0.15, 0.2) is 0 Å². The third-order valence-electron chi connectivity index (χ3n) is 1.93. The van der Waals surface area contributed by atoms with Gasteiger partial charge < -0.3 is 11.5 Å². The van der Waals surface area contributed by atoms with Crippen LogP contribution >= 0.6 is 46.4 Å². The quantitative estimate of drug-likeness (QED) is 0.524. The third kappa shape index (κ3) is 4.45. The molecule has 0 spiro atoms. The Bertz CT molecular complexity index is 681. The van der Waals surface area contributed by atoms with Gasteiger partial charge in [0, 0.05) is 0 Å². The van der Waals surface area contributed by atoms with Gasteiger partial charge in [0.25, 0.3) is 0 Å². The van der Waals surface area contributed by atoms with Crippen LogP contribution in [0.25, 0.3) is 0 Å². The van der Waals surface area contributed by atoms with E-state index < -0.39 is 0 Å². The van der Waals surface area contributed by atoms with Gasteiger partial charge in [-0.15, -0.1) is 0 Å². The number of hydrogen-bond donors (Lipinski definition) is 2. The Balaban J connectivity index is 0.000000220. The molecule has 0 saturated carbocycles. The van der Waals surface area contributed by atoms with Gasteiger partial charge in [-0.2, -0.15) is 20.5 Å². The second kappa shape index (κ2) is 7.78. The van der Waals surface area contributed by atoms with Crippen molar-refractivity contribution in [3.8, 4) is 12.1 Å². The van der Waals surface area contributed by atoms with Crippen molar-refractivity contribution in [2.45, 2.75) is 0 Å². The Morgan fingerprint density at radius 3 is 1.59 bits per heavy atom. The molecule has 2 rings (SSSR count). The highest BCUT2D eigenvalue weighted by atomic mass is 35.5. The normalized spacial score (nSPS) is 9.18. The topological polar surface area (TPSA) is 151 Å². The molecular formula is C10H4Cl4N8. The molecule has 2 heterocycles. The summed E-state index contributed by atoms with van der Waals surface area (Å²) in [7, 11) is 0. The van der Waals surface area contributed by atoms with Crippen LogP contribution in [0.4, 0.5) is 11.8 Å². The minimum absolute atomic E-state index is 0.00463. The minimum atomic E-state index is -0.0704. The number of nitrogens with zero attached hydrogens (tertiary/aromatic N) is 6. The van der Waals surface area contributed by atoms with Crippen molar-refractivity contribution >= 4 is 58.2 Å². The lowest BCUT2D eigenvalue weighted by atomic mass is 10.3. The van der Waals surface area contributed by atoms with Crippen LogP contribution in [0.1, 0.15) is 11.1 Å². The predicted octanol–water partition coefficient (Wildman–Crippen LogP) is 2.47. The third-order valence-corrected chi connectivity index (χ3v) is 2.92. The molecule has 0 aliphatic rings. The lowest BCUT2D eigenvalue weighted by molar-refractivity contribution is 1.15. The summed E-state index contributed by atoms with van der Waals surface area (Å²) < 4.78 is 0. The number of rotatable bonds is 0. The van der Waals surface area contributed by atoms with Crippen molar-refractivity contribution in [3.05, 3.63) is 31.9 Å². The maximum atomic E-state index is 8.45. The molecular weight excluding hydrogens is 374 g/mol. The summed E-state index contributed by atoms with van der Waals surface area (Å²) in [4.78, 5) is 14.1. The van der Waals surface area contributed by atoms with E-state index in [0.717, 1.165) is 0 Å². The monoisotopic (exact) mass is 376 g/mol. The number of anilines is 2. The predicted molar refractivity (Wildman–Crippen MR) is 82.4 cm³/mol. The first-order chi connectivity index (χ1) is 10.3. The molecule has 0 unspecified atom stereocenters. The molecule has 0 aliphatic carbocycles. The fourth-order valence-electron chi connectivity index (χ4n) is 1.05. The minimum Gasteiger partial charge on any atom is -0.382 e. The average molecular weight is 378 g/mol. The Kier molecular flexibility index (Phi) is 6.35. The number of nitrogens with two attached hydrogens (primary N) is 2. The summed E-state index contributed by atoms with van der Waals surface area (Å²) in [6.07, 6.45) is 0. The highest BCUT2D eigenvalue weighted by Crippen LogP contribution is 2.21. The molecule has 22 heavy (non-hydrogen) atoms. The molecule has 0 amide bonds. The average Bonchev–Trinajstić information content (AvgIpc) is 2.38. The van der Waals surface area contributed by atoms with Gasteiger partial charge >= 0.3 is 0 Å². The Labute approximate surface area is 144 Å². The molecule has 0 atom stereocenters. The molecule has 0 bridgehead atoms. The Hall–Kier alpha value is -2.10. The molecule has 112 valence electrons. The first-order valence-corrected chi connectivity index (χ1v) is 6.58. The Morgan fingerprint density at radius 2 is 1.18 bits per heavy atom. The zero-order valence-electron chi connectivity index (χ0n) is 10.3.